The number of nitrogens with zero attached hydrogens (tertiary/aromatic N) is 4. The van der Waals surface area contributed by atoms with Crippen molar-refractivity contribution in [2.24, 2.45) is 0 Å². The van der Waals surface area contributed by atoms with Crippen molar-refractivity contribution in [3.63, 3.8) is 0 Å². The molecule has 0 radical (unpaired) electrons. The lowest BCUT2D eigenvalue weighted by Gasteiger charge is -2.16. The number of hydrogen-bond acceptors (Lipinski definition) is 6. The van der Waals surface area contributed by atoms with E-state index in [-0.39, 0.29) is 12.0 Å². The quantitative estimate of drug-likeness (QED) is 0.708. The summed E-state index contributed by atoms with van der Waals surface area (Å²) in [5, 5.41) is 14.0. The lowest BCUT2D eigenvalue weighted by molar-refractivity contribution is 0.0681. The van der Waals surface area contributed by atoms with Gasteiger partial charge in [-0.25, -0.2) is 4.68 Å². The van der Waals surface area contributed by atoms with Crippen LogP contribution in [-0.2, 0) is 4.74 Å². The Bertz CT molecular complexity index is 952. The van der Waals surface area contributed by atoms with Gasteiger partial charge < -0.3 is 14.8 Å². The molecule has 1 amide bonds. The van der Waals surface area contributed by atoms with Crippen LogP contribution in [0.25, 0.3) is 5.69 Å². The second-order valence-corrected chi connectivity index (χ2v) is 6.70. The van der Waals surface area contributed by atoms with Gasteiger partial charge in [0.05, 0.1) is 17.5 Å². The summed E-state index contributed by atoms with van der Waals surface area (Å²) in [6.45, 7) is 3.24. The van der Waals surface area contributed by atoms with Crippen LogP contribution < -0.4 is 10.1 Å². The van der Waals surface area contributed by atoms with E-state index in [1.165, 1.54) is 11.0 Å². The van der Waals surface area contributed by atoms with Crippen molar-refractivity contribution in [1.82, 2.24) is 20.2 Å². The standard InChI is InChI=1S/C20H21N5O3/c1-14-7-8-18(19(10-14)28-12-17-6-3-9-27-17)22-20(26)15-4-2-5-16(11-15)25-13-21-23-24-25/h2,4-5,7-8,10-11,13,17H,3,6,9,12H2,1H3,(H,22,26). The van der Waals surface area contributed by atoms with Crippen LogP contribution in [0.4, 0.5) is 5.69 Å². The summed E-state index contributed by atoms with van der Waals surface area (Å²) in [7, 11) is 0. The van der Waals surface area contributed by atoms with Crippen LogP contribution in [0.15, 0.2) is 48.8 Å². The first kappa shape index (κ1) is 18.1. The van der Waals surface area contributed by atoms with E-state index in [0.717, 1.165) is 25.0 Å². The molecule has 4 rings (SSSR count). The van der Waals surface area contributed by atoms with Crippen LogP contribution in [-0.4, -0.2) is 45.4 Å². The first-order valence-electron chi connectivity index (χ1n) is 9.19. The lowest BCUT2D eigenvalue weighted by Crippen LogP contribution is -2.18. The van der Waals surface area contributed by atoms with Crippen LogP contribution in [0.3, 0.4) is 0 Å². The molecule has 8 nitrogen and oxygen atoms in total. The molecule has 1 atom stereocenters. The third kappa shape index (κ3) is 4.17. The van der Waals surface area contributed by atoms with Crippen molar-refractivity contribution in [2.45, 2.75) is 25.9 Å². The van der Waals surface area contributed by atoms with Gasteiger partial charge in [0.2, 0.25) is 0 Å². The summed E-state index contributed by atoms with van der Waals surface area (Å²) >= 11 is 0. The molecule has 0 spiro atoms. The van der Waals surface area contributed by atoms with Crippen molar-refractivity contribution in [2.75, 3.05) is 18.5 Å². The minimum Gasteiger partial charge on any atom is -0.489 e. The fourth-order valence-electron chi connectivity index (χ4n) is 3.07. The summed E-state index contributed by atoms with van der Waals surface area (Å²) in [6.07, 6.45) is 3.64. The summed E-state index contributed by atoms with van der Waals surface area (Å²) in [5.74, 6) is 0.404. The molecule has 0 saturated carbocycles. The van der Waals surface area contributed by atoms with Crippen LogP contribution in [0.1, 0.15) is 28.8 Å². The fourth-order valence-corrected chi connectivity index (χ4v) is 3.07. The highest BCUT2D eigenvalue weighted by Gasteiger charge is 2.18. The van der Waals surface area contributed by atoms with E-state index in [0.29, 0.717) is 29.3 Å². The molecule has 1 aliphatic heterocycles. The number of carbonyl (C=O) groups excluding carboxylic acids is 1. The molecule has 2 aromatic carbocycles. The number of carbonyl (C=O) groups is 1. The van der Waals surface area contributed by atoms with Gasteiger partial charge in [-0.1, -0.05) is 12.1 Å². The van der Waals surface area contributed by atoms with Crippen molar-refractivity contribution >= 4 is 11.6 Å². The third-order valence-electron chi connectivity index (χ3n) is 4.56. The fraction of sp³-hybridized carbons (Fsp3) is 0.300. The molecule has 0 bridgehead atoms. The van der Waals surface area contributed by atoms with E-state index in [1.54, 1.807) is 18.2 Å². The predicted molar refractivity (Wildman–Crippen MR) is 103 cm³/mol. The SMILES string of the molecule is Cc1ccc(NC(=O)c2cccc(-n3cnnn3)c2)c(OCC2CCCO2)c1. The number of tetrazole rings is 1. The molecular weight excluding hydrogens is 358 g/mol. The lowest BCUT2D eigenvalue weighted by atomic mass is 10.1. The zero-order chi connectivity index (χ0) is 19.3. The Morgan fingerprint density at radius 1 is 1.32 bits per heavy atom. The second-order valence-electron chi connectivity index (χ2n) is 6.70. The average molecular weight is 379 g/mol. The Balaban J connectivity index is 1.50. The number of ether oxygens (including phenoxy) is 2. The number of amides is 1. The van der Waals surface area contributed by atoms with Gasteiger partial charge in [-0.3, -0.25) is 4.79 Å². The minimum atomic E-state index is -0.235. The Morgan fingerprint density at radius 3 is 3.04 bits per heavy atom. The van der Waals surface area contributed by atoms with E-state index in [2.05, 4.69) is 20.8 Å². The van der Waals surface area contributed by atoms with E-state index in [9.17, 15) is 4.79 Å². The minimum absolute atomic E-state index is 0.108. The smallest absolute Gasteiger partial charge is 0.255 e. The maximum atomic E-state index is 12.8. The third-order valence-corrected chi connectivity index (χ3v) is 4.56. The van der Waals surface area contributed by atoms with Gasteiger partial charge in [-0.2, -0.15) is 0 Å². The molecule has 1 aromatic heterocycles. The normalized spacial score (nSPS) is 16.1. The molecule has 28 heavy (non-hydrogen) atoms. The molecular formula is C20H21N5O3. The predicted octanol–water partition coefficient (Wildman–Crippen LogP) is 2.78. The molecule has 3 aromatic rings. The number of hydrogen-bond donors (Lipinski definition) is 1. The van der Waals surface area contributed by atoms with E-state index in [1.807, 2.05) is 31.2 Å². The van der Waals surface area contributed by atoms with Crippen LogP contribution in [0.2, 0.25) is 0 Å². The van der Waals surface area contributed by atoms with Crippen LogP contribution in [0, 0.1) is 6.92 Å². The zero-order valence-corrected chi connectivity index (χ0v) is 15.5. The number of benzene rings is 2. The largest absolute Gasteiger partial charge is 0.489 e. The van der Waals surface area contributed by atoms with Gasteiger partial charge in [0, 0.05) is 12.2 Å². The maximum absolute atomic E-state index is 12.8. The Hall–Kier alpha value is -3.26. The molecule has 1 aliphatic rings. The molecule has 1 unspecified atom stereocenters. The van der Waals surface area contributed by atoms with E-state index < -0.39 is 0 Å². The Morgan fingerprint density at radius 2 is 2.25 bits per heavy atom. The van der Waals surface area contributed by atoms with Crippen molar-refractivity contribution in [3.05, 3.63) is 59.9 Å². The van der Waals surface area contributed by atoms with Gasteiger partial charge in [0.1, 0.15) is 18.7 Å². The van der Waals surface area contributed by atoms with Crippen LogP contribution >= 0.6 is 0 Å². The molecule has 144 valence electrons. The second kappa shape index (κ2) is 8.18. The summed E-state index contributed by atoms with van der Waals surface area (Å²) in [4.78, 5) is 12.8. The van der Waals surface area contributed by atoms with Crippen molar-refractivity contribution < 1.29 is 14.3 Å². The topological polar surface area (TPSA) is 91.2 Å². The van der Waals surface area contributed by atoms with Crippen molar-refractivity contribution in [3.8, 4) is 11.4 Å². The summed E-state index contributed by atoms with van der Waals surface area (Å²) in [6, 6.07) is 12.8. The van der Waals surface area contributed by atoms with E-state index >= 15 is 0 Å². The summed E-state index contributed by atoms with van der Waals surface area (Å²) < 4.78 is 13.1. The van der Waals surface area contributed by atoms with Gasteiger partial charge in [-0.05, 0) is 66.1 Å². The van der Waals surface area contributed by atoms with Crippen molar-refractivity contribution in [1.29, 1.82) is 0 Å². The van der Waals surface area contributed by atoms with Gasteiger partial charge in [0.15, 0.2) is 0 Å². The van der Waals surface area contributed by atoms with E-state index in [4.69, 9.17) is 9.47 Å². The number of anilines is 1. The molecule has 2 heterocycles. The highest BCUT2D eigenvalue weighted by atomic mass is 16.5. The Labute approximate surface area is 162 Å². The zero-order valence-electron chi connectivity index (χ0n) is 15.5. The number of nitrogens with one attached hydrogen (secondary N) is 1. The first-order valence-corrected chi connectivity index (χ1v) is 9.19. The van der Waals surface area contributed by atoms with Gasteiger partial charge in [0.25, 0.3) is 5.91 Å². The average Bonchev–Trinajstić information content (AvgIpc) is 3.42. The number of aromatic nitrogens is 4. The highest BCUT2D eigenvalue weighted by molar-refractivity contribution is 6.05. The molecule has 8 heteroatoms. The number of rotatable bonds is 6. The van der Waals surface area contributed by atoms with Gasteiger partial charge in [-0.15, -0.1) is 5.10 Å². The van der Waals surface area contributed by atoms with Gasteiger partial charge >= 0.3 is 0 Å². The molecule has 0 aliphatic carbocycles. The monoisotopic (exact) mass is 379 g/mol. The van der Waals surface area contributed by atoms with Crippen LogP contribution in [0.5, 0.6) is 5.75 Å². The molecule has 1 fully saturated rings. The molecule has 1 saturated heterocycles. The first-order chi connectivity index (χ1) is 13.7. The molecule has 1 N–H and O–H groups in total. The Kier molecular flexibility index (Phi) is 5.29. The maximum Gasteiger partial charge on any atom is 0.255 e. The highest BCUT2D eigenvalue weighted by Crippen LogP contribution is 2.27. The summed E-state index contributed by atoms with van der Waals surface area (Å²) in [5.41, 5.74) is 2.89. The number of aryl methyl sites for hydroxylation is 1.